The molecule has 0 heterocycles. The van der Waals surface area contributed by atoms with Crippen LogP contribution in [0.2, 0.25) is 0 Å². The van der Waals surface area contributed by atoms with E-state index in [-0.39, 0.29) is 11.3 Å². The lowest BCUT2D eigenvalue weighted by molar-refractivity contribution is 0.0734. The molecule has 0 atom stereocenters. The van der Waals surface area contributed by atoms with Crippen molar-refractivity contribution in [3.05, 3.63) is 65.0 Å². The third-order valence-electron chi connectivity index (χ3n) is 3.28. The molecule has 0 unspecified atom stereocenters. The highest BCUT2D eigenvalue weighted by molar-refractivity contribution is 5.91. The molecule has 0 aliphatic rings. The normalized spacial score (nSPS) is 9.46. The fraction of sp³-hybridized carbons (Fsp3) is 0.300. The van der Waals surface area contributed by atoms with Gasteiger partial charge in [0.2, 0.25) is 0 Å². The Morgan fingerprint density at radius 3 is 2.38 bits per heavy atom. The lowest BCUT2D eigenvalue weighted by Gasteiger charge is -2.06. The van der Waals surface area contributed by atoms with E-state index in [4.69, 9.17) is 10.00 Å². The molecule has 24 heavy (non-hydrogen) atoms. The second kappa shape index (κ2) is 10.2. The first kappa shape index (κ1) is 19.4. The van der Waals surface area contributed by atoms with Gasteiger partial charge in [-0.1, -0.05) is 39.3 Å². The summed E-state index contributed by atoms with van der Waals surface area (Å²) >= 11 is 0. The molecule has 4 heteroatoms. The van der Waals surface area contributed by atoms with E-state index >= 15 is 0 Å². The number of hydrogen-bond acceptors (Lipinski definition) is 3. The van der Waals surface area contributed by atoms with Gasteiger partial charge in [-0.05, 0) is 42.7 Å². The van der Waals surface area contributed by atoms with E-state index in [1.54, 1.807) is 18.2 Å². The summed E-state index contributed by atoms with van der Waals surface area (Å²) in [5.74, 6) is -1.18. The second-order valence-corrected chi connectivity index (χ2v) is 4.94. The van der Waals surface area contributed by atoms with Gasteiger partial charge >= 0.3 is 5.97 Å². The third kappa shape index (κ3) is 5.51. The first-order chi connectivity index (χ1) is 11.6. The number of aryl methyl sites for hydroxylation is 1. The van der Waals surface area contributed by atoms with Crippen LogP contribution < -0.4 is 4.74 Å². The molecule has 2 aromatic carbocycles. The Balaban J connectivity index is 0.00000139. The monoisotopic (exact) mass is 327 g/mol. The highest BCUT2D eigenvalue weighted by atomic mass is 19.1. The van der Waals surface area contributed by atoms with Crippen LogP contribution in [0.3, 0.4) is 0 Å². The van der Waals surface area contributed by atoms with Crippen LogP contribution in [-0.2, 0) is 6.42 Å². The smallest absolute Gasteiger partial charge is 0.343 e. The SMILES string of the molecule is CC.CCCCc1ccc(C(=O)Oc2ccc(C#N)c(F)c2)cc1. The maximum atomic E-state index is 13.5. The molecular weight excluding hydrogens is 305 g/mol. The minimum absolute atomic E-state index is 0.0801. The number of halogens is 1. The minimum Gasteiger partial charge on any atom is -0.423 e. The summed E-state index contributed by atoms with van der Waals surface area (Å²) in [7, 11) is 0. The summed E-state index contributed by atoms with van der Waals surface area (Å²) in [4.78, 5) is 12.0. The number of unbranched alkanes of at least 4 members (excludes halogenated alkanes) is 1. The molecule has 0 N–H and O–H groups in total. The number of rotatable bonds is 5. The van der Waals surface area contributed by atoms with Crippen LogP contribution >= 0.6 is 0 Å². The Morgan fingerprint density at radius 1 is 1.17 bits per heavy atom. The number of carbonyl (C=O) groups is 1. The molecule has 0 fully saturated rings. The van der Waals surface area contributed by atoms with Gasteiger partial charge in [0.05, 0.1) is 11.1 Å². The fourth-order valence-corrected chi connectivity index (χ4v) is 2.00. The van der Waals surface area contributed by atoms with Crippen molar-refractivity contribution < 1.29 is 13.9 Å². The van der Waals surface area contributed by atoms with Crippen molar-refractivity contribution in [2.45, 2.75) is 40.0 Å². The molecule has 2 aromatic rings. The number of esters is 1. The van der Waals surface area contributed by atoms with Crippen LogP contribution in [0.5, 0.6) is 5.75 Å². The number of benzene rings is 2. The highest BCUT2D eigenvalue weighted by Crippen LogP contribution is 2.18. The number of carbonyl (C=O) groups excluding carboxylic acids is 1. The van der Waals surface area contributed by atoms with E-state index in [1.807, 2.05) is 26.0 Å². The molecule has 3 nitrogen and oxygen atoms in total. The topological polar surface area (TPSA) is 50.1 Å². The molecule has 0 aliphatic heterocycles. The lowest BCUT2D eigenvalue weighted by Crippen LogP contribution is -2.08. The van der Waals surface area contributed by atoms with Crippen molar-refractivity contribution >= 4 is 5.97 Å². The zero-order valence-electron chi connectivity index (χ0n) is 14.3. The fourth-order valence-electron chi connectivity index (χ4n) is 2.00. The molecule has 0 amide bonds. The van der Waals surface area contributed by atoms with Crippen LogP contribution in [-0.4, -0.2) is 5.97 Å². The summed E-state index contributed by atoms with van der Waals surface area (Å²) in [6, 6.07) is 12.6. The van der Waals surface area contributed by atoms with Crippen molar-refractivity contribution in [3.8, 4) is 11.8 Å². The van der Waals surface area contributed by atoms with Crippen LogP contribution in [0.1, 0.15) is 55.1 Å². The Hall–Kier alpha value is -2.67. The number of nitriles is 1. The summed E-state index contributed by atoms with van der Waals surface area (Å²) < 4.78 is 18.6. The number of nitrogens with zero attached hydrogens (tertiary/aromatic N) is 1. The van der Waals surface area contributed by atoms with Crippen molar-refractivity contribution in [3.63, 3.8) is 0 Å². The predicted octanol–water partition coefficient (Wildman–Crippen LogP) is 5.29. The molecule has 0 spiro atoms. The molecule has 0 aromatic heterocycles. The quantitative estimate of drug-likeness (QED) is 0.554. The van der Waals surface area contributed by atoms with Gasteiger partial charge in [-0.2, -0.15) is 5.26 Å². The molecule has 0 saturated carbocycles. The average molecular weight is 327 g/mol. The van der Waals surface area contributed by atoms with Crippen molar-refractivity contribution in [2.24, 2.45) is 0 Å². The Bertz CT molecular complexity index is 703. The molecule has 0 aliphatic carbocycles. The zero-order valence-corrected chi connectivity index (χ0v) is 14.3. The van der Waals surface area contributed by atoms with E-state index in [1.165, 1.54) is 17.7 Å². The minimum atomic E-state index is -0.706. The highest BCUT2D eigenvalue weighted by Gasteiger charge is 2.10. The van der Waals surface area contributed by atoms with Gasteiger partial charge in [0.1, 0.15) is 17.6 Å². The van der Waals surface area contributed by atoms with Crippen LogP contribution in [0.25, 0.3) is 0 Å². The van der Waals surface area contributed by atoms with Crippen molar-refractivity contribution in [1.82, 2.24) is 0 Å². The van der Waals surface area contributed by atoms with Gasteiger partial charge in [-0.3, -0.25) is 0 Å². The predicted molar refractivity (Wildman–Crippen MR) is 92.5 cm³/mol. The average Bonchev–Trinajstić information content (AvgIpc) is 2.62. The molecule has 0 saturated heterocycles. The summed E-state index contributed by atoms with van der Waals surface area (Å²) in [5, 5.41) is 8.66. The lowest BCUT2D eigenvalue weighted by atomic mass is 10.1. The standard InChI is InChI=1S/C18H16FNO2.C2H6/c1-2-3-4-13-5-7-14(8-6-13)18(21)22-16-10-9-15(12-20)17(19)11-16;1-2/h5-11H,2-4H2,1H3;1-2H3. The van der Waals surface area contributed by atoms with Crippen molar-refractivity contribution in [2.75, 3.05) is 0 Å². The van der Waals surface area contributed by atoms with Gasteiger partial charge in [0, 0.05) is 6.07 Å². The van der Waals surface area contributed by atoms with Crippen LogP contribution in [0.4, 0.5) is 4.39 Å². The molecule has 2 rings (SSSR count). The summed E-state index contributed by atoms with van der Waals surface area (Å²) in [6.07, 6.45) is 3.20. The molecule has 0 radical (unpaired) electrons. The first-order valence-electron chi connectivity index (χ1n) is 8.15. The number of hydrogen-bond donors (Lipinski definition) is 0. The van der Waals surface area contributed by atoms with E-state index in [9.17, 15) is 9.18 Å². The molecule has 126 valence electrons. The summed E-state index contributed by atoms with van der Waals surface area (Å²) in [6.45, 7) is 6.13. The van der Waals surface area contributed by atoms with Gasteiger partial charge in [0.25, 0.3) is 0 Å². The Kier molecular flexibility index (Phi) is 8.21. The van der Waals surface area contributed by atoms with Gasteiger partial charge in [-0.15, -0.1) is 0 Å². The Labute approximate surface area is 142 Å². The second-order valence-electron chi connectivity index (χ2n) is 4.94. The van der Waals surface area contributed by atoms with E-state index < -0.39 is 11.8 Å². The zero-order chi connectivity index (χ0) is 17.9. The van der Waals surface area contributed by atoms with Crippen molar-refractivity contribution in [1.29, 1.82) is 5.26 Å². The molecule has 0 bridgehead atoms. The van der Waals surface area contributed by atoms with Gasteiger partial charge in [0.15, 0.2) is 0 Å². The van der Waals surface area contributed by atoms with Gasteiger partial charge in [-0.25, -0.2) is 9.18 Å². The van der Waals surface area contributed by atoms with E-state index in [2.05, 4.69) is 6.92 Å². The van der Waals surface area contributed by atoms with E-state index in [0.29, 0.717) is 5.56 Å². The van der Waals surface area contributed by atoms with Crippen LogP contribution in [0.15, 0.2) is 42.5 Å². The van der Waals surface area contributed by atoms with Gasteiger partial charge < -0.3 is 4.74 Å². The maximum Gasteiger partial charge on any atom is 0.343 e. The maximum absolute atomic E-state index is 13.5. The number of ether oxygens (including phenoxy) is 1. The largest absolute Gasteiger partial charge is 0.423 e. The molecular formula is C20H22FNO2. The summed E-state index contributed by atoms with van der Waals surface area (Å²) in [5.41, 5.74) is 1.49. The third-order valence-corrected chi connectivity index (χ3v) is 3.28. The Morgan fingerprint density at radius 2 is 1.83 bits per heavy atom. The van der Waals surface area contributed by atoms with E-state index in [0.717, 1.165) is 25.3 Å². The van der Waals surface area contributed by atoms with Crippen LogP contribution in [0, 0.1) is 17.1 Å². The first-order valence-corrected chi connectivity index (χ1v) is 8.15.